The number of hydrogen-bond donors (Lipinski definition) is 0. The van der Waals surface area contributed by atoms with E-state index in [-0.39, 0.29) is 11.7 Å². The van der Waals surface area contributed by atoms with Gasteiger partial charge < -0.3 is 4.90 Å². The second kappa shape index (κ2) is 7.77. The third-order valence-corrected chi connectivity index (χ3v) is 4.39. The normalized spacial score (nSPS) is 15.3. The number of piperidine rings is 1. The molecule has 0 unspecified atom stereocenters. The van der Waals surface area contributed by atoms with Gasteiger partial charge >= 0.3 is 0 Å². The van der Waals surface area contributed by atoms with Crippen molar-refractivity contribution in [2.24, 2.45) is 0 Å². The van der Waals surface area contributed by atoms with Gasteiger partial charge in [0.2, 0.25) is 0 Å². The number of rotatable bonds is 5. The van der Waals surface area contributed by atoms with E-state index in [1.54, 1.807) is 6.08 Å². The molecule has 0 N–H and O–H groups in total. The molecule has 1 fully saturated rings. The van der Waals surface area contributed by atoms with E-state index in [1.807, 2.05) is 66.9 Å². The molecule has 23 heavy (non-hydrogen) atoms. The zero-order valence-electron chi connectivity index (χ0n) is 13.4. The van der Waals surface area contributed by atoms with Gasteiger partial charge in [-0.15, -0.1) is 0 Å². The Morgan fingerprint density at radius 1 is 0.826 bits per heavy atom. The van der Waals surface area contributed by atoms with Gasteiger partial charge in [0.15, 0.2) is 5.78 Å². The average molecular weight is 305 g/mol. The van der Waals surface area contributed by atoms with Gasteiger partial charge in [0.05, 0.1) is 5.92 Å². The summed E-state index contributed by atoms with van der Waals surface area (Å²) < 4.78 is 0. The summed E-state index contributed by atoms with van der Waals surface area (Å²) in [4.78, 5) is 15.1. The molecule has 0 aliphatic carbocycles. The van der Waals surface area contributed by atoms with Crippen LogP contribution in [0.3, 0.4) is 0 Å². The van der Waals surface area contributed by atoms with Crippen LogP contribution in [0.4, 0.5) is 0 Å². The largest absolute Gasteiger partial charge is 0.377 e. The zero-order chi connectivity index (χ0) is 15.9. The summed E-state index contributed by atoms with van der Waals surface area (Å²) in [7, 11) is 0. The van der Waals surface area contributed by atoms with Gasteiger partial charge in [-0.25, -0.2) is 0 Å². The van der Waals surface area contributed by atoms with Crippen molar-refractivity contribution < 1.29 is 4.79 Å². The minimum Gasteiger partial charge on any atom is -0.377 e. The van der Waals surface area contributed by atoms with Crippen LogP contribution < -0.4 is 0 Å². The SMILES string of the molecule is O=C(/C=C/N1CCCCC1)C(c1ccccc1)c1ccccc1. The first kappa shape index (κ1) is 15.5. The lowest BCUT2D eigenvalue weighted by molar-refractivity contribution is -0.115. The van der Waals surface area contributed by atoms with E-state index in [2.05, 4.69) is 4.90 Å². The maximum absolute atomic E-state index is 12.9. The van der Waals surface area contributed by atoms with E-state index in [4.69, 9.17) is 0 Å². The van der Waals surface area contributed by atoms with Crippen LogP contribution in [-0.4, -0.2) is 23.8 Å². The molecular weight excluding hydrogens is 282 g/mol. The summed E-state index contributed by atoms with van der Waals surface area (Å²) in [6.45, 7) is 2.12. The van der Waals surface area contributed by atoms with Crippen LogP contribution in [0.1, 0.15) is 36.3 Å². The third kappa shape index (κ3) is 4.10. The molecule has 0 aromatic heterocycles. The Kier molecular flexibility index (Phi) is 5.25. The van der Waals surface area contributed by atoms with Crippen LogP contribution >= 0.6 is 0 Å². The number of carbonyl (C=O) groups is 1. The number of nitrogens with zero attached hydrogens (tertiary/aromatic N) is 1. The number of benzene rings is 2. The molecule has 0 bridgehead atoms. The fourth-order valence-corrected chi connectivity index (χ4v) is 3.15. The van der Waals surface area contributed by atoms with E-state index in [0.29, 0.717) is 0 Å². The van der Waals surface area contributed by atoms with Gasteiger partial charge in [-0.2, -0.15) is 0 Å². The maximum atomic E-state index is 12.9. The van der Waals surface area contributed by atoms with Crippen LogP contribution in [-0.2, 0) is 4.79 Å². The molecule has 0 atom stereocenters. The van der Waals surface area contributed by atoms with Crippen molar-refractivity contribution in [1.82, 2.24) is 4.90 Å². The second-order valence-electron chi connectivity index (χ2n) is 6.07. The maximum Gasteiger partial charge on any atom is 0.168 e. The standard InChI is InChI=1S/C21H23NO/c23-20(14-17-22-15-8-3-9-16-22)21(18-10-4-1-5-11-18)19-12-6-2-7-13-19/h1-2,4-7,10-14,17,21H,3,8-9,15-16H2/b17-14+. The highest BCUT2D eigenvalue weighted by Gasteiger charge is 2.20. The van der Waals surface area contributed by atoms with Crippen molar-refractivity contribution in [2.45, 2.75) is 25.2 Å². The zero-order valence-corrected chi connectivity index (χ0v) is 13.4. The van der Waals surface area contributed by atoms with Gasteiger partial charge in [0.25, 0.3) is 0 Å². The number of hydrogen-bond acceptors (Lipinski definition) is 2. The topological polar surface area (TPSA) is 20.3 Å². The lowest BCUT2D eigenvalue weighted by Crippen LogP contribution is -2.24. The summed E-state index contributed by atoms with van der Waals surface area (Å²) in [6.07, 6.45) is 7.49. The molecule has 0 amide bonds. The van der Waals surface area contributed by atoms with E-state index in [1.165, 1.54) is 19.3 Å². The predicted octanol–water partition coefficient (Wildman–Crippen LogP) is 4.39. The minimum atomic E-state index is -0.224. The third-order valence-electron chi connectivity index (χ3n) is 4.39. The molecule has 0 saturated carbocycles. The Balaban J connectivity index is 1.83. The fourth-order valence-electron chi connectivity index (χ4n) is 3.15. The van der Waals surface area contributed by atoms with Gasteiger partial charge in [-0.05, 0) is 36.5 Å². The smallest absolute Gasteiger partial charge is 0.168 e. The Bertz CT molecular complexity index is 603. The molecule has 1 saturated heterocycles. The minimum absolute atomic E-state index is 0.146. The Morgan fingerprint density at radius 2 is 1.35 bits per heavy atom. The summed E-state index contributed by atoms with van der Waals surface area (Å²) in [5, 5.41) is 0. The highest BCUT2D eigenvalue weighted by atomic mass is 16.1. The average Bonchev–Trinajstić information content (AvgIpc) is 2.63. The van der Waals surface area contributed by atoms with Gasteiger partial charge in [0.1, 0.15) is 0 Å². The van der Waals surface area contributed by atoms with Crippen molar-refractivity contribution in [3.63, 3.8) is 0 Å². The molecule has 2 nitrogen and oxygen atoms in total. The van der Waals surface area contributed by atoms with Gasteiger partial charge in [-0.1, -0.05) is 60.7 Å². The molecule has 1 aliphatic heterocycles. The van der Waals surface area contributed by atoms with Crippen LogP contribution in [0.2, 0.25) is 0 Å². The Morgan fingerprint density at radius 3 is 1.87 bits per heavy atom. The van der Waals surface area contributed by atoms with Crippen LogP contribution in [0.5, 0.6) is 0 Å². The molecule has 2 heteroatoms. The number of ketones is 1. The highest BCUT2D eigenvalue weighted by Crippen LogP contribution is 2.26. The molecule has 2 aromatic carbocycles. The number of carbonyl (C=O) groups excluding carboxylic acids is 1. The highest BCUT2D eigenvalue weighted by molar-refractivity contribution is 5.97. The number of likely N-dealkylation sites (tertiary alicyclic amines) is 1. The summed E-state index contributed by atoms with van der Waals surface area (Å²) in [6, 6.07) is 20.1. The van der Waals surface area contributed by atoms with E-state index in [0.717, 1.165) is 24.2 Å². The molecule has 0 radical (unpaired) electrons. The molecule has 2 aromatic rings. The lowest BCUT2D eigenvalue weighted by atomic mass is 9.87. The first-order valence-electron chi connectivity index (χ1n) is 8.40. The van der Waals surface area contributed by atoms with Crippen molar-refractivity contribution in [3.05, 3.63) is 84.1 Å². The van der Waals surface area contributed by atoms with Gasteiger partial charge in [-0.3, -0.25) is 4.79 Å². The Hall–Kier alpha value is -2.35. The second-order valence-corrected chi connectivity index (χ2v) is 6.07. The molecule has 1 heterocycles. The van der Waals surface area contributed by atoms with Crippen LogP contribution in [0.15, 0.2) is 72.9 Å². The summed E-state index contributed by atoms with van der Waals surface area (Å²) in [5.41, 5.74) is 2.10. The van der Waals surface area contributed by atoms with Crippen LogP contribution in [0, 0.1) is 0 Å². The van der Waals surface area contributed by atoms with Crippen molar-refractivity contribution in [1.29, 1.82) is 0 Å². The molecule has 0 spiro atoms. The van der Waals surface area contributed by atoms with E-state index in [9.17, 15) is 4.79 Å². The van der Waals surface area contributed by atoms with Gasteiger partial charge in [0, 0.05) is 19.3 Å². The van der Waals surface area contributed by atoms with E-state index >= 15 is 0 Å². The first-order chi connectivity index (χ1) is 11.3. The molecule has 1 aliphatic rings. The Labute approximate surface area is 138 Å². The molecule has 118 valence electrons. The number of allylic oxidation sites excluding steroid dienone is 1. The lowest BCUT2D eigenvalue weighted by Gasteiger charge is -2.25. The van der Waals surface area contributed by atoms with Crippen molar-refractivity contribution >= 4 is 5.78 Å². The van der Waals surface area contributed by atoms with Crippen LogP contribution in [0.25, 0.3) is 0 Å². The quantitative estimate of drug-likeness (QED) is 0.764. The van der Waals surface area contributed by atoms with E-state index < -0.39 is 0 Å². The monoisotopic (exact) mass is 305 g/mol. The first-order valence-corrected chi connectivity index (χ1v) is 8.40. The summed E-state index contributed by atoms with van der Waals surface area (Å²) in [5.74, 6) is -0.0774. The predicted molar refractivity (Wildman–Crippen MR) is 94.3 cm³/mol. The fraction of sp³-hybridized carbons (Fsp3) is 0.286. The summed E-state index contributed by atoms with van der Waals surface area (Å²) >= 11 is 0. The molecular formula is C21H23NO. The van der Waals surface area contributed by atoms with Crippen molar-refractivity contribution in [3.8, 4) is 0 Å². The van der Waals surface area contributed by atoms with Crippen molar-refractivity contribution in [2.75, 3.05) is 13.1 Å². The molecule has 3 rings (SSSR count).